The van der Waals surface area contributed by atoms with Gasteiger partial charge in [-0.15, -0.1) is 0 Å². The quantitative estimate of drug-likeness (QED) is 0.795. The van der Waals surface area contributed by atoms with Gasteiger partial charge in [0.15, 0.2) is 5.76 Å². The average Bonchev–Trinajstić information content (AvgIpc) is 2.88. The van der Waals surface area contributed by atoms with Gasteiger partial charge in [0.1, 0.15) is 5.76 Å². The third-order valence-corrected chi connectivity index (χ3v) is 4.51. The average molecular weight is 353 g/mol. The van der Waals surface area contributed by atoms with Gasteiger partial charge >= 0.3 is 0 Å². The molecule has 138 valence electrons. The van der Waals surface area contributed by atoms with Crippen LogP contribution in [0.4, 0.5) is 5.69 Å². The van der Waals surface area contributed by atoms with Gasteiger partial charge in [0.05, 0.1) is 11.4 Å². The number of rotatable bonds is 4. The molecule has 1 aliphatic carbocycles. The Morgan fingerprint density at radius 2 is 1.88 bits per heavy atom. The number of furan rings is 1. The van der Waals surface area contributed by atoms with Crippen LogP contribution in [-0.2, 0) is 6.42 Å². The molecule has 3 rings (SSSR count). The topological polar surface area (TPSA) is 66.6 Å². The number of benzene rings is 1. The van der Waals surface area contributed by atoms with Crippen molar-refractivity contribution in [3.05, 3.63) is 53.0 Å². The van der Waals surface area contributed by atoms with Crippen molar-refractivity contribution in [2.75, 3.05) is 5.43 Å². The zero-order valence-electron chi connectivity index (χ0n) is 16.1. The van der Waals surface area contributed by atoms with E-state index in [1.54, 1.807) is 0 Å². The Balaban J connectivity index is 1.98. The van der Waals surface area contributed by atoms with Gasteiger partial charge in [-0.05, 0) is 44.7 Å². The maximum atomic E-state index is 12.5. The van der Waals surface area contributed by atoms with Crippen molar-refractivity contribution in [3.63, 3.8) is 0 Å². The van der Waals surface area contributed by atoms with Crippen LogP contribution in [0.3, 0.4) is 0 Å². The zero-order chi connectivity index (χ0) is 18.9. The van der Waals surface area contributed by atoms with E-state index in [1.165, 1.54) is 0 Å². The van der Waals surface area contributed by atoms with E-state index < -0.39 is 0 Å². The molecule has 0 saturated heterocycles. The minimum absolute atomic E-state index is 0.0281. The number of nitrogens with one attached hydrogen (secondary N) is 2. The number of anilines is 1. The van der Waals surface area contributed by atoms with Crippen LogP contribution in [0, 0.1) is 12.3 Å². The van der Waals surface area contributed by atoms with Crippen molar-refractivity contribution in [2.24, 2.45) is 10.5 Å². The number of fused-ring (bicyclic) bond motifs is 1. The standard InChI is InChI=1S/C21H27N3O2/c1-13(2)22-20(25)19-14(3)18-16(11-21(4,5)12-17(18)26-19)24-23-15-9-7-6-8-10-15/h6-10,13,23H,11-12H2,1-5H3,(H,22,25)/b24-16-. The molecule has 1 heterocycles. The first kappa shape index (κ1) is 18.2. The normalized spacial score (nSPS) is 17.2. The number of para-hydroxylation sites is 1. The summed E-state index contributed by atoms with van der Waals surface area (Å²) in [5.41, 5.74) is 6.87. The van der Waals surface area contributed by atoms with Crippen molar-refractivity contribution in [2.45, 2.75) is 53.5 Å². The molecule has 2 N–H and O–H groups in total. The molecule has 0 fully saturated rings. The fourth-order valence-electron chi connectivity index (χ4n) is 3.40. The zero-order valence-corrected chi connectivity index (χ0v) is 16.1. The van der Waals surface area contributed by atoms with Crippen LogP contribution in [0.2, 0.25) is 0 Å². The van der Waals surface area contributed by atoms with Gasteiger partial charge in [-0.2, -0.15) is 5.10 Å². The van der Waals surface area contributed by atoms with Crippen LogP contribution in [0.5, 0.6) is 0 Å². The van der Waals surface area contributed by atoms with Gasteiger partial charge in [-0.1, -0.05) is 32.0 Å². The molecule has 1 aromatic heterocycles. The summed E-state index contributed by atoms with van der Waals surface area (Å²) in [7, 11) is 0. The fourth-order valence-corrected chi connectivity index (χ4v) is 3.40. The third-order valence-electron chi connectivity index (χ3n) is 4.51. The predicted octanol–water partition coefficient (Wildman–Crippen LogP) is 4.51. The lowest BCUT2D eigenvalue weighted by molar-refractivity contribution is 0.0911. The van der Waals surface area contributed by atoms with Crippen LogP contribution in [-0.4, -0.2) is 17.7 Å². The molecule has 1 aromatic carbocycles. The largest absolute Gasteiger partial charge is 0.455 e. The van der Waals surface area contributed by atoms with Gasteiger partial charge in [0.25, 0.3) is 5.91 Å². The molecule has 1 aliphatic rings. The van der Waals surface area contributed by atoms with E-state index in [2.05, 4.69) is 29.7 Å². The van der Waals surface area contributed by atoms with Crippen LogP contribution in [0.25, 0.3) is 0 Å². The molecule has 0 saturated carbocycles. The van der Waals surface area contributed by atoms with Crippen molar-refractivity contribution >= 4 is 17.3 Å². The molecule has 0 bridgehead atoms. The first-order valence-corrected chi connectivity index (χ1v) is 9.08. The molecule has 0 unspecified atom stereocenters. The highest BCUT2D eigenvalue weighted by Gasteiger charge is 2.36. The second-order valence-corrected chi connectivity index (χ2v) is 8.04. The highest BCUT2D eigenvalue weighted by molar-refractivity contribution is 6.07. The van der Waals surface area contributed by atoms with Gasteiger partial charge in [0, 0.05) is 23.6 Å². The van der Waals surface area contributed by atoms with Crippen LogP contribution in [0.15, 0.2) is 39.9 Å². The molecule has 1 amide bonds. The molecule has 0 spiro atoms. The van der Waals surface area contributed by atoms with Crippen LogP contribution < -0.4 is 10.7 Å². The minimum atomic E-state index is -0.167. The highest BCUT2D eigenvalue weighted by Crippen LogP contribution is 2.39. The predicted molar refractivity (Wildman–Crippen MR) is 105 cm³/mol. The number of carbonyl (C=O) groups excluding carboxylic acids is 1. The summed E-state index contributed by atoms with van der Waals surface area (Å²) in [6, 6.07) is 9.92. The monoisotopic (exact) mass is 353 g/mol. The van der Waals surface area contributed by atoms with E-state index in [1.807, 2.05) is 51.1 Å². The lowest BCUT2D eigenvalue weighted by Gasteiger charge is -2.29. The van der Waals surface area contributed by atoms with Crippen molar-refractivity contribution in [3.8, 4) is 0 Å². The van der Waals surface area contributed by atoms with Gasteiger partial charge in [0.2, 0.25) is 0 Å². The van der Waals surface area contributed by atoms with E-state index >= 15 is 0 Å². The molecule has 0 aliphatic heterocycles. The molecule has 2 aromatic rings. The SMILES string of the molecule is Cc1c(C(=O)NC(C)C)oc2c1/C(=N\Nc1ccccc1)CC(C)(C)C2. The number of amides is 1. The maximum Gasteiger partial charge on any atom is 0.287 e. The lowest BCUT2D eigenvalue weighted by atomic mass is 9.75. The number of nitrogens with zero attached hydrogens (tertiary/aromatic N) is 1. The Labute approximate surface area is 154 Å². The molecule has 26 heavy (non-hydrogen) atoms. The van der Waals surface area contributed by atoms with Crippen LogP contribution >= 0.6 is 0 Å². The first-order valence-electron chi connectivity index (χ1n) is 9.08. The number of hydrazone groups is 1. The molecule has 0 atom stereocenters. The van der Waals surface area contributed by atoms with E-state index in [9.17, 15) is 4.79 Å². The Bertz CT molecular complexity index is 832. The maximum absolute atomic E-state index is 12.5. The molecular weight excluding hydrogens is 326 g/mol. The van der Waals surface area contributed by atoms with Crippen molar-refractivity contribution in [1.82, 2.24) is 5.32 Å². The van der Waals surface area contributed by atoms with Gasteiger partial charge in [-0.3, -0.25) is 10.2 Å². The first-order chi connectivity index (χ1) is 12.3. The highest BCUT2D eigenvalue weighted by atomic mass is 16.4. The lowest BCUT2D eigenvalue weighted by Crippen LogP contribution is -2.30. The summed E-state index contributed by atoms with van der Waals surface area (Å²) < 4.78 is 6.00. The summed E-state index contributed by atoms with van der Waals surface area (Å²) >= 11 is 0. The van der Waals surface area contributed by atoms with E-state index in [4.69, 9.17) is 4.42 Å². The molecular formula is C21H27N3O2. The molecule has 0 radical (unpaired) electrons. The van der Waals surface area contributed by atoms with E-state index in [-0.39, 0.29) is 17.4 Å². The van der Waals surface area contributed by atoms with E-state index in [0.29, 0.717) is 5.76 Å². The van der Waals surface area contributed by atoms with Crippen molar-refractivity contribution < 1.29 is 9.21 Å². The number of carbonyl (C=O) groups is 1. The van der Waals surface area contributed by atoms with Crippen LogP contribution in [0.1, 0.15) is 61.6 Å². The minimum Gasteiger partial charge on any atom is -0.455 e. The Kier molecular flexibility index (Phi) is 4.90. The number of hydrogen-bond donors (Lipinski definition) is 2. The van der Waals surface area contributed by atoms with Gasteiger partial charge in [-0.25, -0.2) is 0 Å². The summed E-state index contributed by atoms with van der Waals surface area (Å²) in [6.07, 6.45) is 1.62. The fraction of sp³-hybridized carbons (Fsp3) is 0.429. The third kappa shape index (κ3) is 3.82. The summed E-state index contributed by atoms with van der Waals surface area (Å²) in [5, 5.41) is 7.57. The van der Waals surface area contributed by atoms with Crippen molar-refractivity contribution in [1.29, 1.82) is 0 Å². The Morgan fingerprint density at radius 1 is 1.19 bits per heavy atom. The second kappa shape index (κ2) is 6.98. The Hall–Kier alpha value is -2.56. The van der Waals surface area contributed by atoms with E-state index in [0.717, 1.165) is 41.1 Å². The summed E-state index contributed by atoms with van der Waals surface area (Å²) in [5.74, 6) is 1.08. The molecule has 5 nitrogen and oxygen atoms in total. The summed E-state index contributed by atoms with van der Waals surface area (Å²) in [4.78, 5) is 12.5. The summed E-state index contributed by atoms with van der Waals surface area (Å²) in [6.45, 7) is 10.2. The Morgan fingerprint density at radius 3 is 2.54 bits per heavy atom. The smallest absolute Gasteiger partial charge is 0.287 e. The number of hydrogen-bond acceptors (Lipinski definition) is 4. The van der Waals surface area contributed by atoms with Gasteiger partial charge < -0.3 is 9.73 Å². The molecule has 5 heteroatoms. The second-order valence-electron chi connectivity index (χ2n) is 8.04.